The van der Waals surface area contributed by atoms with Crippen LogP contribution in [0.15, 0.2) is 24.3 Å². The van der Waals surface area contributed by atoms with Crippen molar-refractivity contribution in [2.75, 3.05) is 26.8 Å². The van der Waals surface area contributed by atoms with Crippen LogP contribution in [0.25, 0.3) is 0 Å². The van der Waals surface area contributed by atoms with Crippen molar-refractivity contribution in [3.63, 3.8) is 0 Å². The minimum Gasteiger partial charge on any atom is -0.497 e. The summed E-state index contributed by atoms with van der Waals surface area (Å²) >= 11 is 0. The van der Waals surface area contributed by atoms with Gasteiger partial charge in [-0.1, -0.05) is 12.1 Å². The molecular formula is C14H21NO3. The third kappa shape index (κ3) is 3.45. The van der Waals surface area contributed by atoms with Gasteiger partial charge in [0.25, 0.3) is 0 Å². The Morgan fingerprint density at radius 2 is 2.06 bits per heavy atom. The zero-order valence-corrected chi connectivity index (χ0v) is 11.0. The van der Waals surface area contributed by atoms with Crippen LogP contribution >= 0.6 is 0 Å². The Morgan fingerprint density at radius 3 is 2.67 bits per heavy atom. The Kier molecular flexibility index (Phi) is 4.58. The first-order valence-electron chi connectivity index (χ1n) is 6.33. The molecule has 18 heavy (non-hydrogen) atoms. The highest BCUT2D eigenvalue weighted by Gasteiger charge is 2.24. The molecule has 4 heteroatoms. The van der Waals surface area contributed by atoms with Crippen LogP contribution in [0.3, 0.4) is 0 Å². The standard InChI is InChI=1S/C14H21NO3/c1-11-7-15(9-14(10-16)18-11)8-12-3-5-13(17-2)6-4-12/h3-6,11,14,16H,7-10H2,1-2H3. The van der Waals surface area contributed by atoms with Crippen LogP contribution in [0.5, 0.6) is 5.75 Å². The number of nitrogens with zero attached hydrogens (tertiary/aromatic N) is 1. The van der Waals surface area contributed by atoms with E-state index in [0.717, 1.165) is 25.4 Å². The summed E-state index contributed by atoms with van der Waals surface area (Å²) in [6, 6.07) is 8.10. The molecule has 2 atom stereocenters. The van der Waals surface area contributed by atoms with Gasteiger partial charge in [-0.25, -0.2) is 0 Å². The van der Waals surface area contributed by atoms with Crippen molar-refractivity contribution in [3.8, 4) is 5.75 Å². The van der Waals surface area contributed by atoms with Gasteiger partial charge in [0.15, 0.2) is 0 Å². The number of benzene rings is 1. The molecule has 1 aromatic rings. The number of rotatable bonds is 4. The number of ether oxygens (including phenoxy) is 2. The maximum Gasteiger partial charge on any atom is 0.118 e. The lowest BCUT2D eigenvalue weighted by atomic mass is 10.1. The van der Waals surface area contributed by atoms with E-state index in [2.05, 4.69) is 17.0 Å². The third-order valence-corrected chi connectivity index (χ3v) is 3.17. The number of hydrogen-bond acceptors (Lipinski definition) is 4. The molecule has 0 aromatic heterocycles. The second kappa shape index (κ2) is 6.18. The lowest BCUT2D eigenvalue weighted by Crippen LogP contribution is -2.47. The van der Waals surface area contributed by atoms with Gasteiger partial charge in [0.2, 0.25) is 0 Å². The average Bonchev–Trinajstić information content (AvgIpc) is 2.39. The molecule has 2 unspecified atom stereocenters. The molecule has 1 aliphatic heterocycles. The van der Waals surface area contributed by atoms with E-state index >= 15 is 0 Å². The van der Waals surface area contributed by atoms with E-state index in [9.17, 15) is 5.11 Å². The van der Waals surface area contributed by atoms with Gasteiger partial charge in [0, 0.05) is 19.6 Å². The molecule has 0 spiro atoms. The number of aliphatic hydroxyl groups is 1. The van der Waals surface area contributed by atoms with E-state index in [-0.39, 0.29) is 18.8 Å². The van der Waals surface area contributed by atoms with Gasteiger partial charge >= 0.3 is 0 Å². The highest BCUT2D eigenvalue weighted by molar-refractivity contribution is 5.27. The topological polar surface area (TPSA) is 41.9 Å². The molecule has 1 heterocycles. The van der Waals surface area contributed by atoms with Crippen molar-refractivity contribution in [2.45, 2.75) is 25.7 Å². The largest absolute Gasteiger partial charge is 0.497 e. The first kappa shape index (κ1) is 13.3. The highest BCUT2D eigenvalue weighted by Crippen LogP contribution is 2.16. The molecule has 4 nitrogen and oxygen atoms in total. The van der Waals surface area contributed by atoms with Crippen LogP contribution in [0, 0.1) is 0 Å². The second-order valence-electron chi connectivity index (χ2n) is 4.79. The van der Waals surface area contributed by atoms with Crippen molar-refractivity contribution in [3.05, 3.63) is 29.8 Å². The Hall–Kier alpha value is -1.10. The summed E-state index contributed by atoms with van der Waals surface area (Å²) in [5.74, 6) is 0.877. The number of hydrogen-bond donors (Lipinski definition) is 1. The molecule has 0 aliphatic carbocycles. The molecule has 100 valence electrons. The maximum absolute atomic E-state index is 9.19. The van der Waals surface area contributed by atoms with Crippen molar-refractivity contribution in [2.24, 2.45) is 0 Å². The van der Waals surface area contributed by atoms with Crippen molar-refractivity contribution in [1.82, 2.24) is 4.90 Å². The molecule has 0 saturated carbocycles. The number of aliphatic hydroxyl groups excluding tert-OH is 1. The Morgan fingerprint density at radius 1 is 1.33 bits per heavy atom. The predicted molar refractivity (Wildman–Crippen MR) is 69.7 cm³/mol. The molecular weight excluding hydrogens is 230 g/mol. The zero-order chi connectivity index (χ0) is 13.0. The SMILES string of the molecule is COc1ccc(CN2CC(C)OC(CO)C2)cc1. The van der Waals surface area contributed by atoms with E-state index in [1.54, 1.807) is 7.11 Å². The Bertz CT molecular complexity index is 366. The molecule has 1 N–H and O–H groups in total. The van der Waals surface area contributed by atoms with Gasteiger partial charge in [-0.05, 0) is 24.6 Å². The first-order chi connectivity index (χ1) is 8.71. The minimum atomic E-state index is -0.0630. The highest BCUT2D eigenvalue weighted by atomic mass is 16.5. The van der Waals surface area contributed by atoms with Crippen LogP contribution in [0.4, 0.5) is 0 Å². The summed E-state index contributed by atoms with van der Waals surface area (Å²) in [6.07, 6.45) is 0.112. The molecule has 0 radical (unpaired) electrons. The van der Waals surface area contributed by atoms with E-state index in [4.69, 9.17) is 9.47 Å². The minimum absolute atomic E-state index is 0.0630. The lowest BCUT2D eigenvalue weighted by molar-refractivity contribution is -0.0972. The fourth-order valence-electron chi connectivity index (χ4n) is 2.36. The Labute approximate surface area is 108 Å². The normalized spacial score (nSPS) is 25.1. The van der Waals surface area contributed by atoms with Gasteiger partial charge in [-0.3, -0.25) is 4.90 Å². The van der Waals surface area contributed by atoms with Crippen molar-refractivity contribution < 1.29 is 14.6 Å². The fourth-order valence-corrected chi connectivity index (χ4v) is 2.36. The summed E-state index contributed by atoms with van der Waals surface area (Å²) in [5, 5.41) is 9.19. The van der Waals surface area contributed by atoms with Gasteiger partial charge < -0.3 is 14.6 Å². The van der Waals surface area contributed by atoms with Crippen LogP contribution in [-0.2, 0) is 11.3 Å². The molecule has 1 fully saturated rings. The summed E-state index contributed by atoms with van der Waals surface area (Å²) in [7, 11) is 1.67. The van der Waals surface area contributed by atoms with E-state index < -0.39 is 0 Å². The molecule has 2 rings (SSSR count). The second-order valence-corrected chi connectivity index (χ2v) is 4.79. The Balaban J connectivity index is 1.95. The third-order valence-electron chi connectivity index (χ3n) is 3.17. The maximum atomic E-state index is 9.19. The molecule has 1 saturated heterocycles. The molecule has 0 amide bonds. The smallest absolute Gasteiger partial charge is 0.118 e. The monoisotopic (exact) mass is 251 g/mol. The summed E-state index contributed by atoms with van der Waals surface area (Å²) in [5.41, 5.74) is 1.25. The quantitative estimate of drug-likeness (QED) is 0.875. The van der Waals surface area contributed by atoms with E-state index in [1.807, 2.05) is 19.1 Å². The van der Waals surface area contributed by atoms with Crippen molar-refractivity contribution in [1.29, 1.82) is 0 Å². The summed E-state index contributed by atoms with van der Waals surface area (Å²) in [4.78, 5) is 2.32. The molecule has 0 bridgehead atoms. The van der Waals surface area contributed by atoms with Crippen LogP contribution < -0.4 is 4.74 Å². The van der Waals surface area contributed by atoms with Crippen molar-refractivity contribution >= 4 is 0 Å². The summed E-state index contributed by atoms with van der Waals surface area (Å²) < 4.78 is 10.8. The molecule has 1 aliphatic rings. The van der Waals surface area contributed by atoms with Gasteiger partial charge in [-0.15, -0.1) is 0 Å². The lowest BCUT2D eigenvalue weighted by Gasteiger charge is -2.36. The van der Waals surface area contributed by atoms with Gasteiger partial charge in [-0.2, -0.15) is 0 Å². The zero-order valence-electron chi connectivity index (χ0n) is 11.0. The number of methoxy groups -OCH3 is 1. The van der Waals surface area contributed by atoms with E-state index in [0.29, 0.717) is 0 Å². The fraction of sp³-hybridized carbons (Fsp3) is 0.571. The van der Waals surface area contributed by atoms with Gasteiger partial charge in [0.1, 0.15) is 5.75 Å². The number of morpholine rings is 1. The first-order valence-corrected chi connectivity index (χ1v) is 6.33. The predicted octanol–water partition coefficient (Wildman–Crippen LogP) is 1.28. The van der Waals surface area contributed by atoms with Crippen LogP contribution in [0.1, 0.15) is 12.5 Å². The summed E-state index contributed by atoms with van der Waals surface area (Å²) in [6.45, 7) is 4.70. The van der Waals surface area contributed by atoms with Crippen LogP contribution in [0.2, 0.25) is 0 Å². The average molecular weight is 251 g/mol. The van der Waals surface area contributed by atoms with Gasteiger partial charge in [0.05, 0.1) is 25.9 Å². The van der Waals surface area contributed by atoms with Crippen LogP contribution in [-0.4, -0.2) is 49.0 Å². The van der Waals surface area contributed by atoms with E-state index in [1.165, 1.54) is 5.56 Å². The molecule has 1 aromatic carbocycles.